The van der Waals surface area contributed by atoms with Crippen molar-refractivity contribution in [1.29, 1.82) is 0 Å². The smallest absolute Gasteiger partial charge is 0.226 e. The fraction of sp³-hybridized carbons (Fsp3) is 0.714. The Morgan fingerprint density at radius 2 is 2.00 bits per heavy atom. The molecular weight excluding hydrogens is 226 g/mol. The molecule has 1 fully saturated rings. The van der Waals surface area contributed by atoms with Crippen molar-refractivity contribution in [2.45, 2.75) is 59.1 Å². The number of nitrogens with zero attached hydrogens (tertiary/aromatic N) is 2. The standard InChI is InChI=1S/C14H23N3O/c1-9(2)18-13-8-10(3)15-14(17-13)16-11(4)12-6-5-7-12/h8-9,11-12H,5-7H2,1-4H3,(H,15,16,17). The number of hydrogen-bond acceptors (Lipinski definition) is 4. The van der Waals surface area contributed by atoms with Gasteiger partial charge in [0.15, 0.2) is 0 Å². The van der Waals surface area contributed by atoms with E-state index in [0.29, 0.717) is 17.9 Å². The second-order valence-electron chi connectivity index (χ2n) is 5.46. The first kappa shape index (κ1) is 13.1. The lowest BCUT2D eigenvalue weighted by Crippen LogP contribution is -2.31. The van der Waals surface area contributed by atoms with Crippen LogP contribution in [0, 0.1) is 12.8 Å². The van der Waals surface area contributed by atoms with Crippen molar-refractivity contribution in [1.82, 2.24) is 9.97 Å². The van der Waals surface area contributed by atoms with Crippen LogP contribution in [0.3, 0.4) is 0 Å². The minimum absolute atomic E-state index is 0.135. The zero-order valence-electron chi connectivity index (χ0n) is 11.7. The fourth-order valence-electron chi connectivity index (χ4n) is 2.17. The molecule has 1 aromatic heterocycles. The topological polar surface area (TPSA) is 47.0 Å². The number of anilines is 1. The molecule has 0 aromatic carbocycles. The second kappa shape index (κ2) is 5.55. The Morgan fingerprint density at radius 1 is 1.28 bits per heavy atom. The summed E-state index contributed by atoms with van der Waals surface area (Å²) >= 11 is 0. The highest BCUT2D eigenvalue weighted by Crippen LogP contribution is 2.30. The van der Waals surface area contributed by atoms with Gasteiger partial charge in [0.05, 0.1) is 6.10 Å². The predicted molar refractivity (Wildman–Crippen MR) is 73.0 cm³/mol. The van der Waals surface area contributed by atoms with E-state index in [1.54, 1.807) is 0 Å². The molecule has 4 heteroatoms. The van der Waals surface area contributed by atoms with Crippen molar-refractivity contribution in [3.05, 3.63) is 11.8 Å². The fourth-order valence-corrected chi connectivity index (χ4v) is 2.17. The van der Waals surface area contributed by atoms with Crippen LogP contribution >= 0.6 is 0 Å². The largest absolute Gasteiger partial charge is 0.475 e. The average Bonchev–Trinajstić information content (AvgIpc) is 2.11. The van der Waals surface area contributed by atoms with Gasteiger partial charge in [-0.05, 0) is 46.5 Å². The number of rotatable bonds is 5. The third-order valence-electron chi connectivity index (χ3n) is 3.40. The first-order valence-corrected chi connectivity index (χ1v) is 6.83. The van der Waals surface area contributed by atoms with E-state index in [1.165, 1.54) is 19.3 Å². The minimum atomic E-state index is 0.135. The lowest BCUT2D eigenvalue weighted by Gasteiger charge is -2.31. The Kier molecular flexibility index (Phi) is 4.04. The first-order valence-electron chi connectivity index (χ1n) is 6.83. The molecule has 0 spiro atoms. The number of nitrogens with one attached hydrogen (secondary N) is 1. The van der Waals surface area contributed by atoms with Crippen molar-refractivity contribution in [2.24, 2.45) is 5.92 Å². The summed E-state index contributed by atoms with van der Waals surface area (Å²) in [7, 11) is 0. The van der Waals surface area contributed by atoms with Gasteiger partial charge in [-0.15, -0.1) is 0 Å². The van der Waals surface area contributed by atoms with Crippen molar-refractivity contribution in [3.8, 4) is 5.88 Å². The van der Waals surface area contributed by atoms with Gasteiger partial charge < -0.3 is 10.1 Å². The zero-order chi connectivity index (χ0) is 13.1. The normalized spacial score (nSPS) is 17.4. The van der Waals surface area contributed by atoms with Gasteiger partial charge in [0.25, 0.3) is 0 Å². The Hall–Kier alpha value is -1.32. The molecule has 1 N–H and O–H groups in total. The third kappa shape index (κ3) is 3.34. The molecule has 4 nitrogen and oxygen atoms in total. The molecule has 0 amide bonds. The molecule has 1 atom stereocenters. The van der Waals surface area contributed by atoms with Crippen LogP contribution in [0.15, 0.2) is 6.07 Å². The molecule has 0 bridgehead atoms. The minimum Gasteiger partial charge on any atom is -0.475 e. The first-order chi connectivity index (χ1) is 8.54. The SMILES string of the molecule is Cc1cc(OC(C)C)nc(NC(C)C2CCC2)n1. The van der Waals surface area contributed by atoms with Gasteiger partial charge in [-0.3, -0.25) is 0 Å². The van der Waals surface area contributed by atoms with Crippen LogP contribution in [0.25, 0.3) is 0 Å². The molecule has 1 heterocycles. The van der Waals surface area contributed by atoms with E-state index in [9.17, 15) is 0 Å². The van der Waals surface area contributed by atoms with E-state index in [-0.39, 0.29) is 6.10 Å². The summed E-state index contributed by atoms with van der Waals surface area (Å²) in [5, 5.41) is 3.40. The molecule has 1 aliphatic carbocycles. The van der Waals surface area contributed by atoms with Gasteiger partial charge in [0.1, 0.15) is 0 Å². The lowest BCUT2D eigenvalue weighted by atomic mass is 9.80. The molecule has 0 aliphatic heterocycles. The molecule has 1 saturated carbocycles. The Morgan fingerprint density at radius 3 is 2.56 bits per heavy atom. The monoisotopic (exact) mass is 249 g/mol. The lowest BCUT2D eigenvalue weighted by molar-refractivity contribution is 0.232. The van der Waals surface area contributed by atoms with Crippen LogP contribution in [0.4, 0.5) is 5.95 Å². The number of aromatic nitrogens is 2. The van der Waals surface area contributed by atoms with Crippen LogP contribution in [0.5, 0.6) is 5.88 Å². The third-order valence-corrected chi connectivity index (χ3v) is 3.40. The Bertz CT molecular complexity index is 402. The van der Waals surface area contributed by atoms with Crippen LogP contribution in [-0.4, -0.2) is 22.1 Å². The summed E-state index contributed by atoms with van der Waals surface area (Å²) in [6.07, 6.45) is 4.12. The van der Waals surface area contributed by atoms with Gasteiger partial charge >= 0.3 is 0 Å². The van der Waals surface area contributed by atoms with Gasteiger partial charge in [0.2, 0.25) is 11.8 Å². The summed E-state index contributed by atoms with van der Waals surface area (Å²) in [5.41, 5.74) is 0.934. The van der Waals surface area contributed by atoms with Crippen molar-refractivity contribution in [3.63, 3.8) is 0 Å². The summed E-state index contributed by atoms with van der Waals surface area (Å²) < 4.78 is 5.63. The van der Waals surface area contributed by atoms with Crippen molar-refractivity contribution in [2.75, 3.05) is 5.32 Å². The van der Waals surface area contributed by atoms with Crippen LogP contribution in [0.1, 0.15) is 45.7 Å². The summed E-state index contributed by atoms with van der Waals surface area (Å²) in [4.78, 5) is 8.83. The predicted octanol–water partition coefficient (Wildman–Crippen LogP) is 3.17. The number of hydrogen-bond donors (Lipinski definition) is 1. The maximum atomic E-state index is 5.63. The number of ether oxygens (including phenoxy) is 1. The molecule has 1 aliphatic rings. The van der Waals surface area contributed by atoms with E-state index >= 15 is 0 Å². The molecule has 100 valence electrons. The highest BCUT2D eigenvalue weighted by atomic mass is 16.5. The molecular formula is C14H23N3O. The molecule has 0 radical (unpaired) electrons. The van der Waals surface area contributed by atoms with Crippen molar-refractivity contribution >= 4 is 5.95 Å². The van der Waals surface area contributed by atoms with Crippen LogP contribution in [0.2, 0.25) is 0 Å². The average molecular weight is 249 g/mol. The van der Waals surface area contributed by atoms with Crippen LogP contribution < -0.4 is 10.1 Å². The molecule has 1 unspecified atom stereocenters. The Balaban J connectivity index is 2.04. The van der Waals surface area contributed by atoms with Gasteiger partial charge in [-0.1, -0.05) is 6.42 Å². The highest BCUT2D eigenvalue weighted by molar-refractivity contribution is 5.32. The van der Waals surface area contributed by atoms with Gasteiger partial charge in [-0.25, -0.2) is 4.98 Å². The maximum Gasteiger partial charge on any atom is 0.226 e. The Labute approximate surface area is 109 Å². The van der Waals surface area contributed by atoms with E-state index in [2.05, 4.69) is 22.2 Å². The van der Waals surface area contributed by atoms with Gasteiger partial charge in [-0.2, -0.15) is 4.98 Å². The van der Waals surface area contributed by atoms with Crippen LogP contribution in [-0.2, 0) is 0 Å². The van der Waals surface area contributed by atoms with Crippen molar-refractivity contribution < 1.29 is 4.74 Å². The van der Waals surface area contributed by atoms with E-state index in [4.69, 9.17) is 4.74 Å². The second-order valence-corrected chi connectivity index (χ2v) is 5.46. The van der Waals surface area contributed by atoms with E-state index in [1.807, 2.05) is 26.8 Å². The molecule has 1 aromatic rings. The summed E-state index contributed by atoms with van der Waals surface area (Å²) in [5.74, 6) is 2.11. The molecule has 0 saturated heterocycles. The van der Waals surface area contributed by atoms with E-state index in [0.717, 1.165) is 11.6 Å². The highest BCUT2D eigenvalue weighted by Gasteiger charge is 2.24. The molecule has 2 rings (SSSR count). The van der Waals surface area contributed by atoms with E-state index < -0.39 is 0 Å². The van der Waals surface area contributed by atoms with Gasteiger partial charge in [0, 0.05) is 17.8 Å². The zero-order valence-corrected chi connectivity index (χ0v) is 11.7. The maximum absolute atomic E-state index is 5.63. The summed E-state index contributed by atoms with van der Waals surface area (Å²) in [6, 6.07) is 2.31. The summed E-state index contributed by atoms with van der Waals surface area (Å²) in [6.45, 7) is 8.18. The quantitative estimate of drug-likeness (QED) is 0.870. The number of aryl methyl sites for hydroxylation is 1. The molecule has 18 heavy (non-hydrogen) atoms.